The standard InChI is InChI=1S/C18H24FNO3/c1-12(16(21)13-7-9-14(19)10-8-13)15-6-5-11-20(15)17(22)23-18(2,3)4/h7-10,12,15H,5-6,11H2,1-4H3. The van der Waals surface area contributed by atoms with Crippen molar-refractivity contribution in [3.8, 4) is 0 Å². The molecule has 0 aromatic heterocycles. The zero-order valence-corrected chi connectivity index (χ0v) is 14.1. The zero-order valence-electron chi connectivity index (χ0n) is 14.1. The van der Waals surface area contributed by atoms with E-state index in [1.54, 1.807) is 4.90 Å². The molecule has 1 aromatic carbocycles. The van der Waals surface area contributed by atoms with Crippen molar-refractivity contribution in [2.45, 2.75) is 52.2 Å². The van der Waals surface area contributed by atoms with Gasteiger partial charge >= 0.3 is 6.09 Å². The number of likely N-dealkylation sites (tertiary alicyclic amines) is 1. The second kappa shape index (κ2) is 6.69. The van der Waals surface area contributed by atoms with Crippen LogP contribution in [0.2, 0.25) is 0 Å². The number of hydrogen-bond acceptors (Lipinski definition) is 3. The highest BCUT2D eigenvalue weighted by Gasteiger charge is 2.38. The molecule has 1 amide bonds. The zero-order chi connectivity index (χ0) is 17.2. The molecule has 2 rings (SSSR count). The number of benzene rings is 1. The number of amides is 1. The molecule has 1 fully saturated rings. The van der Waals surface area contributed by atoms with E-state index in [0.717, 1.165) is 12.8 Å². The van der Waals surface area contributed by atoms with Crippen molar-refractivity contribution in [2.24, 2.45) is 5.92 Å². The Balaban J connectivity index is 2.11. The van der Waals surface area contributed by atoms with Crippen molar-refractivity contribution in [2.75, 3.05) is 6.54 Å². The maximum absolute atomic E-state index is 13.0. The lowest BCUT2D eigenvalue weighted by molar-refractivity contribution is 0.0188. The van der Waals surface area contributed by atoms with Gasteiger partial charge in [0.15, 0.2) is 5.78 Å². The number of ether oxygens (including phenoxy) is 1. The molecule has 0 radical (unpaired) electrons. The Hall–Kier alpha value is -1.91. The number of nitrogens with zero attached hydrogens (tertiary/aromatic N) is 1. The van der Waals surface area contributed by atoms with Gasteiger partial charge < -0.3 is 9.64 Å². The van der Waals surface area contributed by atoms with Crippen molar-refractivity contribution in [1.29, 1.82) is 0 Å². The van der Waals surface area contributed by atoms with Crippen LogP contribution >= 0.6 is 0 Å². The second-order valence-electron chi connectivity index (χ2n) is 7.04. The van der Waals surface area contributed by atoms with E-state index < -0.39 is 5.60 Å². The summed E-state index contributed by atoms with van der Waals surface area (Å²) in [6.45, 7) is 7.88. The predicted octanol–water partition coefficient (Wildman–Crippen LogP) is 4.04. The maximum atomic E-state index is 13.0. The van der Waals surface area contributed by atoms with Crippen LogP contribution in [0, 0.1) is 11.7 Å². The molecule has 0 saturated carbocycles. The molecule has 0 bridgehead atoms. The Kier molecular flexibility index (Phi) is 5.07. The molecule has 1 aliphatic heterocycles. The van der Waals surface area contributed by atoms with Crippen molar-refractivity contribution < 1.29 is 18.7 Å². The highest BCUT2D eigenvalue weighted by Crippen LogP contribution is 2.28. The van der Waals surface area contributed by atoms with Gasteiger partial charge in [-0.3, -0.25) is 4.79 Å². The van der Waals surface area contributed by atoms with Crippen molar-refractivity contribution >= 4 is 11.9 Å². The summed E-state index contributed by atoms with van der Waals surface area (Å²) in [5.41, 5.74) is -0.0935. The Bertz CT molecular complexity index is 577. The summed E-state index contributed by atoms with van der Waals surface area (Å²) in [5, 5.41) is 0. The number of halogens is 1. The predicted molar refractivity (Wildman–Crippen MR) is 85.9 cm³/mol. The van der Waals surface area contributed by atoms with E-state index in [0.29, 0.717) is 12.1 Å². The monoisotopic (exact) mass is 321 g/mol. The molecule has 126 valence electrons. The van der Waals surface area contributed by atoms with E-state index in [1.165, 1.54) is 24.3 Å². The number of Topliss-reactive ketones (excluding diaryl/α,β-unsaturated/α-hetero) is 1. The quantitative estimate of drug-likeness (QED) is 0.789. The van der Waals surface area contributed by atoms with E-state index in [4.69, 9.17) is 4.74 Å². The van der Waals surface area contributed by atoms with Gasteiger partial charge in [0, 0.05) is 24.1 Å². The van der Waals surface area contributed by atoms with Gasteiger partial charge in [-0.15, -0.1) is 0 Å². The third kappa shape index (κ3) is 4.30. The summed E-state index contributed by atoms with van der Waals surface area (Å²) in [6.07, 6.45) is 1.25. The molecule has 0 aliphatic carbocycles. The average molecular weight is 321 g/mol. The third-order valence-electron chi connectivity index (χ3n) is 4.05. The molecule has 23 heavy (non-hydrogen) atoms. The van der Waals surface area contributed by atoms with Crippen LogP contribution in [0.5, 0.6) is 0 Å². The first kappa shape index (κ1) is 17.4. The smallest absolute Gasteiger partial charge is 0.410 e. The van der Waals surface area contributed by atoms with Gasteiger partial charge in [0.2, 0.25) is 0 Å². The first-order valence-corrected chi connectivity index (χ1v) is 7.98. The fourth-order valence-electron chi connectivity index (χ4n) is 2.91. The summed E-state index contributed by atoms with van der Waals surface area (Å²) in [7, 11) is 0. The number of rotatable bonds is 3. The third-order valence-corrected chi connectivity index (χ3v) is 4.05. The molecule has 2 atom stereocenters. The molecule has 2 unspecified atom stereocenters. The van der Waals surface area contributed by atoms with Crippen LogP contribution in [0.3, 0.4) is 0 Å². The lowest BCUT2D eigenvalue weighted by Crippen LogP contribution is -2.44. The number of carbonyl (C=O) groups is 2. The maximum Gasteiger partial charge on any atom is 0.410 e. The van der Waals surface area contributed by atoms with Gasteiger partial charge in [-0.1, -0.05) is 6.92 Å². The second-order valence-corrected chi connectivity index (χ2v) is 7.04. The van der Waals surface area contributed by atoms with E-state index in [9.17, 15) is 14.0 Å². The SMILES string of the molecule is CC(C(=O)c1ccc(F)cc1)C1CCCN1C(=O)OC(C)(C)C. The first-order valence-electron chi connectivity index (χ1n) is 7.98. The molecule has 1 aliphatic rings. The van der Waals surface area contributed by atoms with E-state index >= 15 is 0 Å². The number of ketones is 1. The normalized spacial score (nSPS) is 19.5. The van der Waals surface area contributed by atoms with Gasteiger partial charge in [0.05, 0.1) is 0 Å². The van der Waals surface area contributed by atoms with Crippen LogP contribution in [0.4, 0.5) is 9.18 Å². The van der Waals surface area contributed by atoms with Crippen molar-refractivity contribution in [3.63, 3.8) is 0 Å². The minimum absolute atomic E-state index is 0.0783. The largest absolute Gasteiger partial charge is 0.444 e. The van der Waals surface area contributed by atoms with Crippen LogP contribution in [-0.4, -0.2) is 35.0 Å². The summed E-state index contributed by atoms with van der Waals surface area (Å²) in [4.78, 5) is 26.6. The minimum atomic E-state index is -0.561. The first-order chi connectivity index (χ1) is 10.7. The van der Waals surface area contributed by atoms with Crippen LogP contribution in [0.25, 0.3) is 0 Å². The van der Waals surface area contributed by atoms with Crippen LogP contribution in [0.15, 0.2) is 24.3 Å². The van der Waals surface area contributed by atoms with E-state index in [1.807, 2.05) is 27.7 Å². The fraction of sp³-hybridized carbons (Fsp3) is 0.556. The molecule has 5 heteroatoms. The van der Waals surface area contributed by atoms with Gasteiger partial charge in [0.1, 0.15) is 11.4 Å². The highest BCUT2D eigenvalue weighted by atomic mass is 19.1. The van der Waals surface area contributed by atoms with E-state index in [-0.39, 0.29) is 29.7 Å². The summed E-state index contributed by atoms with van der Waals surface area (Å²) < 4.78 is 18.4. The summed E-state index contributed by atoms with van der Waals surface area (Å²) >= 11 is 0. The van der Waals surface area contributed by atoms with Gasteiger partial charge in [0.25, 0.3) is 0 Å². The van der Waals surface area contributed by atoms with Crippen molar-refractivity contribution in [3.05, 3.63) is 35.6 Å². The lowest BCUT2D eigenvalue weighted by Gasteiger charge is -2.31. The molecular weight excluding hydrogens is 297 g/mol. The Morgan fingerprint density at radius 3 is 2.43 bits per heavy atom. The Morgan fingerprint density at radius 1 is 1.26 bits per heavy atom. The van der Waals surface area contributed by atoms with E-state index in [2.05, 4.69) is 0 Å². The molecule has 0 spiro atoms. The van der Waals surface area contributed by atoms with Crippen LogP contribution in [0.1, 0.15) is 50.9 Å². The fourth-order valence-corrected chi connectivity index (χ4v) is 2.91. The Labute approximate surface area is 136 Å². The molecule has 0 N–H and O–H groups in total. The van der Waals surface area contributed by atoms with Gasteiger partial charge in [-0.2, -0.15) is 0 Å². The number of hydrogen-bond donors (Lipinski definition) is 0. The highest BCUT2D eigenvalue weighted by molar-refractivity contribution is 5.98. The van der Waals surface area contributed by atoms with Crippen LogP contribution in [-0.2, 0) is 4.74 Å². The number of carbonyl (C=O) groups excluding carboxylic acids is 2. The average Bonchev–Trinajstić information content (AvgIpc) is 2.94. The summed E-state index contributed by atoms with van der Waals surface area (Å²) in [5.74, 6) is -0.800. The Morgan fingerprint density at radius 2 is 1.87 bits per heavy atom. The minimum Gasteiger partial charge on any atom is -0.444 e. The topological polar surface area (TPSA) is 46.6 Å². The molecule has 1 heterocycles. The molecule has 1 saturated heterocycles. The molecule has 1 aromatic rings. The summed E-state index contributed by atoms with van der Waals surface area (Å²) in [6, 6.07) is 5.35. The molecular formula is C18H24FNO3. The van der Waals surface area contributed by atoms with Crippen molar-refractivity contribution in [1.82, 2.24) is 4.90 Å². The molecule has 4 nitrogen and oxygen atoms in total. The van der Waals surface area contributed by atoms with Gasteiger partial charge in [-0.25, -0.2) is 9.18 Å². The lowest BCUT2D eigenvalue weighted by atomic mass is 9.91. The van der Waals surface area contributed by atoms with Gasteiger partial charge in [-0.05, 0) is 57.9 Å². The van der Waals surface area contributed by atoms with Crippen LogP contribution < -0.4 is 0 Å².